The van der Waals surface area contributed by atoms with Crippen LogP contribution in [0.3, 0.4) is 0 Å². The van der Waals surface area contributed by atoms with E-state index in [9.17, 15) is 9.59 Å². The SMILES string of the molecule is CC(CCC(C(=O)O)C(=O)O)CC(C)(C)C. The molecule has 0 aromatic carbocycles. The third-order valence-corrected chi connectivity index (χ3v) is 2.51. The van der Waals surface area contributed by atoms with Crippen LogP contribution in [0.1, 0.15) is 47.0 Å². The van der Waals surface area contributed by atoms with Crippen LogP contribution < -0.4 is 0 Å². The lowest BCUT2D eigenvalue weighted by Crippen LogP contribution is -2.24. The van der Waals surface area contributed by atoms with E-state index in [1.807, 2.05) is 6.92 Å². The van der Waals surface area contributed by atoms with Crippen molar-refractivity contribution in [2.45, 2.75) is 47.0 Å². The van der Waals surface area contributed by atoms with Crippen LogP contribution in [0.5, 0.6) is 0 Å². The summed E-state index contributed by atoms with van der Waals surface area (Å²) in [6.45, 7) is 8.39. The summed E-state index contributed by atoms with van der Waals surface area (Å²) in [4.78, 5) is 21.3. The van der Waals surface area contributed by atoms with Gasteiger partial charge in [-0.2, -0.15) is 0 Å². The smallest absolute Gasteiger partial charge is 0.317 e. The zero-order valence-corrected chi connectivity index (χ0v) is 10.5. The third-order valence-electron chi connectivity index (χ3n) is 2.51. The molecule has 0 heterocycles. The molecule has 0 aliphatic rings. The quantitative estimate of drug-likeness (QED) is 0.688. The fourth-order valence-electron chi connectivity index (χ4n) is 1.95. The summed E-state index contributed by atoms with van der Waals surface area (Å²) in [5.74, 6) is -3.39. The average molecular weight is 230 g/mol. The Bertz CT molecular complexity index is 238. The van der Waals surface area contributed by atoms with E-state index in [0.717, 1.165) is 6.42 Å². The van der Waals surface area contributed by atoms with Crippen molar-refractivity contribution >= 4 is 11.9 Å². The lowest BCUT2D eigenvalue weighted by molar-refractivity contribution is -0.154. The van der Waals surface area contributed by atoms with Gasteiger partial charge in [-0.05, 0) is 30.6 Å². The molecule has 0 aliphatic carbocycles. The van der Waals surface area contributed by atoms with Crippen LogP contribution >= 0.6 is 0 Å². The van der Waals surface area contributed by atoms with E-state index in [4.69, 9.17) is 10.2 Å². The lowest BCUT2D eigenvalue weighted by Gasteiger charge is -2.23. The number of rotatable bonds is 6. The van der Waals surface area contributed by atoms with Crippen LogP contribution in [-0.4, -0.2) is 22.2 Å². The fraction of sp³-hybridized carbons (Fsp3) is 0.833. The van der Waals surface area contributed by atoms with E-state index in [1.54, 1.807) is 0 Å². The van der Waals surface area contributed by atoms with Crippen molar-refractivity contribution in [1.29, 1.82) is 0 Å². The zero-order valence-electron chi connectivity index (χ0n) is 10.5. The molecule has 0 bridgehead atoms. The molecule has 4 nitrogen and oxygen atoms in total. The molecule has 0 rings (SSSR count). The van der Waals surface area contributed by atoms with Crippen molar-refractivity contribution in [3.05, 3.63) is 0 Å². The topological polar surface area (TPSA) is 74.6 Å². The number of carboxylic acid groups (broad SMARTS) is 2. The molecule has 16 heavy (non-hydrogen) atoms. The van der Waals surface area contributed by atoms with Gasteiger partial charge in [0.25, 0.3) is 0 Å². The first-order chi connectivity index (χ1) is 7.13. The van der Waals surface area contributed by atoms with E-state index < -0.39 is 17.9 Å². The Morgan fingerprint density at radius 1 is 1.06 bits per heavy atom. The second-order valence-electron chi connectivity index (χ2n) is 5.68. The van der Waals surface area contributed by atoms with Crippen molar-refractivity contribution in [3.8, 4) is 0 Å². The maximum Gasteiger partial charge on any atom is 0.317 e. The number of hydrogen-bond donors (Lipinski definition) is 2. The average Bonchev–Trinajstić information content (AvgIpc) is 1.98. The van der Waals surface area contributed by atoms with Gasteiger partial charge >= 0.3 is 11.9 Å². The van der Waals surface area contributed by atoms with E-state index in [2.05, 4.69) is 20.8 Å². The van der Waals surface area contributed by atoms with Crippen LogP contribution in [0.15, 0.2) is 0 Å². The molecule has 0 aliphatic heterocycles. The summed E-state index contributed by atoms with van der Waals surface area (Å²) in [7, 11) is 0. The van der Waals surface area contributed by atoms with Gasteiger partial charge in [-0.1, -0.05) is 27.7 Å². The maximum absolute atomic E-state index is 10.7. The first-order valence-electron chi connectivity index (χ1n) is 5.59. The summed E-state index contributed by atoms with van der Waals surface area (Å²) in [5, 5.41) is 17.4. The number of carbonyl (C=O) groups is 2. The number of aliphatic carboxylic acids is 2. The molecule has 0 spiro atoms. The molecule has 1 atom stereocenters. The summed E-state index contributed by atoms with van der Waals surface area (Å²) >= 11 is 0. The van der Waals surface area contributed by atoms with Gasteiger partial charge in [0.2, 0.25) is 0 Å². The Morgan fingerprint density at radius 2 is 1.50 bits per heavy atom. The van der Waals surface area contributed by atoms with Crippen molar-refractivity contribution in [3.63, 3.8) is 0 Å². The van der Waals surface area contributed by atoms with Crippen molar-refractivity contribution in [2.75, 3.05) is 0 Å². The lowest BCUT2D eigenvalue weighted by atomic mass is 9.82. The molecule has 2 N–H and O–H groups in total. The first kappa shape index (κ1) is 14.9. The molecule has 0 aromatic heterocycles. The minimum absolute atomic E-state index is 0.196. The molecular formula is C12H22O4. The van der Waals surface area contributed by atoms with E-state index in [1.165, 1.54) is 0 Å². The summed E-state index contributed by atoms with van der Waals surface area (Å²) < 4.78 is 0. The second-order valence-corrected chi connectivity index (χ2v) is 5.68. The molecule has 94 valence electrons. The van der Waals surface area contributed by atoms with Gasteiger partial charge in [-0.25, -0.2) is 0 Å². The predicted octanol–water partition coefficient (Wildman–Crippen LogP) is 2.62. The second kappa shape index (κ2) is 5.87. The Kier molecular flexibility index (Phi) is 5.48. The normalized spacial score (nSPS) is 13.8. The van der Waals surface area contributed by atoms with Gasteiger partial charge in [-0.3, -0.25) is 9.59 Å². The van der Waals surface area contributed by atoms with Crippen molar-refractivity contribution in [2.24, 2.45) is 17.3 Å². The first-order valence-corrected chi connectivity index (χ1v) is 5.59. The standard InChI is InChI=1S/C12H22O4/c1-8(7-12(2,3)4)5-6-9(10(13)14)11(15)16/h8-9H,5-7H2,1-4H3,(H,13,14)(H,15,16). The largest absolute Gasteiger partial charge is 0.481 e. The highest BCUT2D eigenvalue weighted by Crippen LogP contribution is 2.27. The molecule has 0 aromatic rings. The van der Waals surface area contributed by atoms with Gasteiger partial charge in [0.05, 0.1) is 0 Å². The van der Waals surface area contributed by atoms with E-state index >= 15 is 0 Å². The highest BCUT2D eigenvalue weighted by molar-refractivity contribution is 5.92. The molecule has 1 unspecified atom stereocenters. The van der Waals surface area contributed by atoms with Gasteiger partial charge < -0.3 is 10.2 Å². The van der Waals surface area contributed by atoms with E-state index in [0.29, 0.717) is 12.3 Å². The van der Waals surface area contributed by atoms with E-state index in [-0.39, 0.29) is 11.8 Å². The Labute approximate surface area is 96.7 Å². The summed E-state index contributed by atoms with van der Waals surface area (Å²) in [6, 6.07) is 0. The summed E-state index contributed by atoms with van der Waals surface area (Å²) in [5.41, 5.74) is 0.196. The summed E-state index contributed by atoms with van der Waals surface area (Å²) in [6.07, 6.45) is 1.82. The maximum atomic E-state index is 10.7. The van der Waals surface area contributed by atoms with Gasteiger partial charge in [0.1, 0.15) is 0 Å². The zero-order chi connectivity index (χ0) is 12.9. The van der Waals surface area contributed by atoms with Crippen LogP contribution in [0.25, 0.3) is 0 Å². The Balaban J connectivity index is 4.12. The Hall–Kier alpha value is -1.06. The van der Waals surface area contributed by atoms with Crippen LogP contribution in [0.4, 0.5) is 0 Å². The van der Waals surface area contributed by atoms with Crippen molar-refractivity contribution in [1.82, 2.24) is 0 Å². The molecule has 0 radical (unpaired) electrons. The minimum atomic E-state index is -1.26. The molecule has 0 amide bonds. The predicted molar refractivity (Wildman–Crippen MR) is 61.2 cm³/mol. The van der Waals surface area contributed by atoms with Crippen molar-refractivity contribution < 1.29 is 19.8 Å². The molecule has 4 heteroatoms. The highest BCUT2D eigenvalue weighted by atomic mass is 16.4. The number of carboxylic acids is 2. The molecular weight excluding hydrogens is 208 g/mol. The van der Waals surface area contributed by atoms with Gasteiger partial charge in [0, 0.05) is 0 Å². The molecule has 0 saturated heterocycles. The van der Waals surface area contributed by atoms with Gasteiger partial charge in [0.15, 0.2) is 5.92 Å². The van der Waals surface area contributed by atoms with Crippen LogP contribution in [0.2, 0.25) is 0 Å². The Morgan fingerprint density at radius 3 is 1.81 bits per heavy atom. The highest BCUT2D eigenvalue weighted by Gasteiger charge is 2.26. The fourth-order valence-corrected chi connectivity index (χ4v) is 1.95. The molecule has 0 fully saturated rings. The molecule has 0 saturated carbocycles. The minimum Gasteiger partial charge on any atom is -0.481 e. The van der Waals surface area contributed by atoms with Gasteiger partial charge in [-0.15, -0.1) is 0 Å². The third kappa shape index (κ3) is 6.43. The monoisotopic (exact) mass is 230 g/mol. The van der Waals surface area contributed by atoms with Crippen LogP contribution in [-0.2, 0) is 9.59 Å². The number of hydrogen-bond acceptors (Lipinski definition) is 2. The van der Waals surface area contributed by atoms with Crippen LogP contribution in [0, 0.1) is 17.3 Å².